The van der Waals surface area contributed by atoms with Gasteiger partial charge in [0.25, 0.3) is 0 Å². The van der Waals surface area contributed by atoms with Crippen molar-refractivity contribution in [2.75, 3.05) is 5.32 Å². The highest BCUT2D eigenvalue weighted by molar-refractivity contribution is 9.10. The summed E-state index contributed by atoms with van der Waals surface area (Å²) in [4.78, 5) is 0. The van der Waals surface area contributed by atoms with Crippen molar-refractivity contribution in [3.05, 3.63) is 64.1 Å². The highest BCUT2D eigenvalue weighted by atomic mass is 79.9. The van der Waals surface area contributed by atoms with E-state index in [1.54, 1.807) is 6.20 Å². The van der Waals surface area contributed by atoms with Crippen molar-refractivity contribution in [2.45, 2.75) is 33.5 Å². The second kappa shape index (κ2) is 8.46. The summed E-state index contributed by atoms with van der Waals surface area (Å²) in [5.41, 5.74) is 4.21. The van der Waals surface area contributed by atoms with Crippen LogP contribution in [0.15, 0.2) is 47.3 Å². The average molecular weight is 433 g/mol. The molecule has 0 saturated carbocycles. The third-order valence-corrected chi connectivity index (χ3v) is 4.74. The number of hydrogen-bond donors (Lipinski definition) is 2. The molecule has 0 saturated heterocycles. The Morgan fingerprint density at radius 3 is 2.65 bits per heavy atom. The summed E-state index contributed by atoms with van der Waals surface area (Å²) < 4.78 is 4.87. The number of halogens is 1. The first kappa shape index (κ1) is 18.6. The molecule has 2 aromatic heterocycles. The lowest BCUT2D eigenvalue weighted by atomic mass is 10.2. The van der Waals surface area contributed by atoms with Crippen molar-refractivity contribution in [1.29, 1.82) is 0 Å². The van der Waals surface area contributed by atoms with Gasteiger partial charge in [0.1, 0.15) is 0 Å². The molecule has 0 bridgehead atoms. The van der Waals surface area contributed by atoms with Gasteiger partial charge in [-0.2, -0.15) is 10.2 Å². The first-order chi connectivity index (χ1) is 12.5. The first-order valence-electron chi connectivity index (χ1n) is 8.38. The Hall–Kier alpha value is -2.19. The number of aryl methyl sites for hydroxylation is 2. The van der Waals surface area contributed by atoms with Crippen LogP contribution < -0.4 is 10.6 Å². The average Bonchev–Trinajstić information content (AvgIpc) is 3.21. The highest BCUT2D eigenvalue weighted by Crippen LogP contribution is 2.13. The summed E-state index contributed by atoms with van der Waals surface area (Å²) in [6, 6.07) is 8.20. The molecule has 8 heteroatoms. The number of nitrogens with one attached hydrogen (secondary N) is 2. The summed E-state index contributed by atoms with van der Waals surface area (Å²) in [5.74, 6) is 0. The molecule has 6 nitrogen and oxygen atoms in total. The Bertz CT molecular complexity index is 883. The van der Waals surface area contributed by atoms with Crippen LogP contribution in [0.1, 0.15) is 23.7 Å². The molecule has 3 rings (SSSR count). The quantitative estimate of drug-likeness (QED) is 0.581. The van der Waals surface area contributed by atoms with Gasteiger partial charge >= 0.3 is 0 Å². The van der Waals surface area contributed by atoms with Gasteiger partial charge in [-0.3, -0.25) is 9.36 Å². The lowest BCUT2D eigenvalue weighted by molar-refractivity contribution is 0.653. The van der Waals surface area contributed by atoms with Crippen molar-refractivity contribution < 1.29 is 0 Å². The summed E-state index contributed by atoms with van der Waals surface area (Å²) >= 11 is 8.82. The van der Waals surface area contributed by atoms with E-state index in [4.69, 9.17) is 12.2 Å². The second-order valence-electron chi connectivity index (χ2n) is 5.96. The lowest BCUT2D eigenvalue weighted by Crippen LogP contribution is -2.27. The topological polar surface area (TPSA) is 59.7 Å². The molecule has 136 valence electrons. The van der Waals surface area contributed by atoms with Crippen LogP contribution in [-0.2, 0) is 19.6 Å². The number of nitrogens with zero attached hydrogens (tertiary/aromatic N) is 4. The number of aromatic nitrogens is 4. The molecule has 2 N–H and O–H groups in total. The van der Waals surface area contributed by atoms with Crippen molar-refractivity contribution in [3.8, 4) is 0 Å². The van der Waals surface area contributed by atoms with Crippen LogP contribution in [0, 0.1) is 6.92 Å². The van der Waals surface area contributed by atoms with E-state index in [-0.39, 0.29) is 0 Å². The van der Waals surface area contributed by atoms with Crippen molar-refractivity contribution in [1.82, 2.24) is 24.9 Å². The van der Waals surface area contributed by atoms with Crippen LogP contribution in [-0.4, -0.2) is 24.7 Å². The molecule has 0 spiro atoms. The van der Waals surface area contributed by atoms with Gasteiger partial charge in [-0.05, 0) is 43.8 Å². The zero-order valence-corrected chi connectivity index (χ0v) is 17.1. The fraction of sp³-hybridized carbons (Fsp3) is 0.278. The van der Waals surface area contributed by atoms with Gasteiger partial charge in [0.2, 0.25) is 0 Å². The summed E-state index contributed by atoms with van der Waals surface area (Å²) in [6.07, 6.45) is 5.75. The van der Waals surface area contributed by atoms with E-state index < -0.39 is 0 Å². The molecule has 0 aliphatic carbocycles. The Balaban J connectivity index is 1.52. The van der Waals surface area contributed by atoms with Gasteiger partial charge in [0.05, 0.1) is 24.1 Å². The molecule has 0 radical (unpaired) electrons. The van der Waals surface area contributed by atoms with Gasteiger partial charge < -0.3 is 10.6 Å². The van der Waals surface area contributed by atoms with Crippen molar-refractivity contribution in [2.24, 2.45) is 0 Å². The molecule has 0 aliphatic heterocycles. The molecule has 0 unspecified atom stereocenters. The SMILES string of the molecule is CCn1cc(CNC(=S)Nc2cnn(Cc3ccc(Br)cc3)c2)c(C)n1. The molecule has 1 aromatic carbocycles. The normalized spacial score (nSPS) is 10.7. The molecule has 0 amide bonds. The van der Waals surface area contributed by atoms with Gasteiger partial charge in [0.15, 0.2) is 5.11 Å². The van der Waals surface area contributed by atoms with E-state index in [0.29, 0.717) is 18.2 Å². The zero-order chi connectivity index (χ0) is 18.5. The molecular weight excluding hydrogens is 412 g/mol. The van der Waals surface area contributed by atoms with Crippen molar-refractivity contribution in [3.63, 3.8) is 0 Å². The van der Waals surface area contributed by atoms with Gasteiger partial charge in [-0.15, -0.1) is 0 Å². The van der Waals surface area contributed by atoms with E-state index in [2.05, 4.69) is 55.8 Å². The third kappa shape index (κ3) is 4.92. The molecule has 0 atom stereocenters. The first-order valence-corrected chi connectivity index (χ1v) is 9.58. The zero-order valence-electron chi connectivity index (χ0n) is 14.7. The van der Waals surface area contributed by atoms with Crippen molar-refractivity contribution >= 4 is 38.9 Å². The maximum Gasteiger partial charge on any atom is 0.171 e. The van der Waals surface area contributed by atoms with Crippen LogP contribution in [0.2, 0.25) is 0 Å². The number of rotatable bonds is 6. The summed E-state index contributed by atoms with van der Waals surface area (Å²) in [7, 11) is 0. The fourth-order valence-electron chi connectivity index (χ4n) is 2.54. The maximum atomic E-state index is 5.38. The summed E-state index contributed by atoms with van der Waals surface area (Å²) in [5, 5.41) is 15.8. The monoisotopic (exact) mass is 432 g/mol. The predicted molar refractivity (Wildman–Crippen MR) is 111 cm³/mol. The molecule has 26 heavy (non-hydrogen) atoms. The van der Waals surface area contributed by atoms with Crippen LogP contribution in [0.4, 0.5) is 5.69 Å². The summed E-state index contributed by atoms with van der Waals surface area (Å²) in [6.45, 7) is 6.30. The molecule has 3 aromatic rings. The maximum absolute atomic E-state index is 5.38. The molecule has 0 aliphatic rings. The van der Waals surface area contributed by atoms with E-state index >= 15 is 0 Å². The fourth-order valence-corrected chi connectivity index (χ4v) is 2.99. The lowest BCUT2D eigenvalue weighted by Gasteiger charge is -2.08. The van der Waals surface area contributed by atoms with Gasteiger partial charge in [-0.25, -0.2) is 0 Å². The molecule has 2 heterocycles. The third-order valence-electron chi connectivity index (χ3n) is 3.96. The van der Waals surface area contributed by atoms with Crippen LogP contribution in [0.5, 0.6) is 0 Å². The number of thiocarbonyl (C=S) groups is 1. The number of anilines is 1. The Labute approximate surface area is 166 Å². The standard InChI is InChI=1S/C18H21BrN6S/c1-3-24-11-15(13(2)23-24)8-20-18(26)22-17-9-21-25(12-17)10-14-4-6-16(19)7-5-14/h4-7,9,11-12H,3,8,10H2,1-2H3,(H2,20,22,26). The van der Waals surface area contributed by atoms with Crippen LogP contribution in [0.25, 0.3) is 0 Å². The van der Waals surface area contributed by atoms with Gasteiger partial charge in [0, 0.05) is 35.5 Å². The second-order valence-corrected chi connectivity index (χ2v) is 7.28. The Kier molecular flexibility index (Phi) is 6.05. The van der Waals surface area contributed by atoms with Gasteiger partial charge in [-0.1, -0.05) is 28.1 Å². The Morgan fingerprint density at radius 1 is 1.19 bits per heavy atom. The molecular formula is C18H21BrN6S. The van der Waals surface area contributed by atoms with Crippen LogP contribution >= 0.6 is 28.1 Å². The minimum absolute atomic E-state index is 0.567. The van der Waals surface area contributed by atoms with E-state index in [1.165, 1.54) is 5.56 Å². The minimum Gasteiger partial charge on any atom is -0.358 e. The molecule has 0 fully saturated rings. The van der Waals surface area contributed by atoms with E-state index in [9.17, 15) is 0 Å². The number of hydrogen-bond acceptors (Lipinski definition) is 3. The van der Waals surface area contributed by atoms with Crippen LogP contribution in [0.3, 0.4) is 0 Å². The van der Waals surface area contributed by atoms with E-state index in [1.807, 2.05) is 40.8 Å². The highest BCUT2D eigenvalue weighted by Gasteiger charge is 2.06. The smallest absolute Gasteiger partial charge is 0.171 e. The number of benzene rings is 1. The predicted octanol–water partition coefficient (Wildman–Crippen LogP) is 3.71. The Morgan fingerprint density at radius 2 is 1.96 bits per heavy atom. The van der Waals surface area contributed by atoms with E-state index in [0.717, 1.165) is 28.0 Å². The minimum atomic E-state index is 0.567. The largest absolute Gasteiger partial charge is 0.358 e.